The van der Waals surface area contributed by atoms with Gasteiger partial charge in [-0.25, -0.2) is 4.98 Å². The number of anilines is 2. The lowest BCUT2D eigenvalue weighted by Gasteiger charge is -2.10. The number of halogens is 2. The lowest BCUT2D eigenvalue weighted by Crippen LogP contribution is -1.97. The summed E-state index contributed by atoms with van der Waals surface area (Å²) in [5, 5.41) is 4.90. The first-order valence-corrected chi connectivity index (χ1v) is 7.68. The van der Waals surface area contributed by atoms with E-state index in [0.29, 0.717) is 22.3 Å². The molecular weight excluding hydrogens is 329 g/mol. The average molecular weight is 340 g/mol. The smallest absolute Gasteiger partial charge is 0.225 e. The van der Waals surface area contributed by atoms with Crippen LogP contribution in [0.4, 0.5) is 11.5 Å². The predicted molar refractivity (Wildman–Crippen MR) is 88.4 cm³/mol. The van der Waals surface area contributed by atoms with E-state index in [4.69, 9.17) is 27.9 Å². The quantitative estimate of drug-likeness (QED) is 0.677. The number of benzene rings is 1. The van der Waals surface area contributed by atoms with Gasteiger partial charge in [-0.05, 0) is 36.7 Å². The van der Waals surface area contributed by atoms with E-state index in [1.807, 2.05) is 19.1 Å². The van der Waals surface area contributed by atoms with Gasteiger partial charge in [0.05, 0.1) is 23.2 Å². The third-order valence-electron chi connectivity index (χ3n) is 2.92. The van der Waals surface area contributed by atoms with Gasteiger partial charge in [0.2, 0.25) is 5.28 Å². The van der Waals surface area contributed by atoms with E-state index < -0.39 is 0 Å². The van der Waals surface area contributed by atoms with Gasteiger partial charge in [-0.1, -0.05) is 11.6 Å². The Bertz CT molecular complexity index is 819. The molecule has 0 spiro atoms. The summed E-state index contributed by atoms with van der Waals surface area (Å²) in [7, 11) is 1.61. The molecule has 0 saturated heterocycles. The Morgan fingerprint density at radius 3 is 2.76 bits per heavy atom. The van der Waals surface area contributed by atoms with E-state index in [1.54, 1.807) is 30.6 Å². The van der Waals surface area contributed by atoms with Crippen LogP contribution < -0.4 is 10.1 Å². The van der Waals surface area contributed by atoms with Crippen LogP contribution in [0.1, 0.15) is 4.88 Å². The van der Waals surface area contributed by atoms with Gasteiger partial charge >= 0.3 is 0 Å². The number of rotatable bonds is 3. The molecule has 0 radical (unpaired) electrons. The fourth-order valence-electron chi connectivity index (χ4n) is 1.97. The minimum atomic E-state index is 0.200. The normalized spacial score (nSPS) is 10.9. The zero-order chi connectivity index (χ0) is 15.0. The Balaban J connectivity index is 2.09. The Kier molecular flexibility index (Phi) is 3.89. The second-order valence-corrected chi connectivity index (χ2v) is 6.37. The first-order chi connectivity index (χ1) is 10.1. The Morgan fingerprint density at radius 1 is 1.19 bits per heavy atom. The number of methoxy groups -OCH3 is 1. The third-order valence-corrected chi connectivity index (χ3v) is 4.36. The molecule has 0 fully saturated rings. The highest BCUT2D eigenvalue weighted by Gasteiger charge is 2.12. The highest BCUT2D eigenvalue weighted by Crippen LogP contribution is 2.34. The van der Waals surface area contributed by atoms with Crippen molar-refractivity contribution in [2.45, 2.75) is 6.92 Å². The average Bonchev–Trinajstić information content (AvgIpc) is 2.81. The summed E-state index contributed by atoms with van der Waals surface area (Å²) in [5.74, 6) is 1.34. The summed E-state index contributed by atoms with van der Waals surface area (Å²) < 4.78 is 5.21. The predicted octanol–water partition coefficient (Wildman–Crippen LogP) is 5.06. The first-order valence-electron chi connectivity index (χ1n) is 6.11. The second-order valence-electron chi connectivity index (χ2n) is 4.39. The first kappa shape index (κ1) is 14.4. The summed E-state index contributed by atoms with van der Waals surface area (Å²) in [6.45, 7) is 2.02. The molecule has 0 saturated carbocycles. The molecule has 2 heterocycles. The van der Waals surface area contributed by atoms with Crippen LogP contribution in [0.5, 0.6) is 5.75 Å². The van der Waals surface area contributed by atoms with Gasteiger partial charge in [0.15, 0.2) is 0 Å². The van der Waals surface area contributed by atoms with Crippen LogP contribution in [0.15, 0.2) is 24.3 Å². The molecule has 3 aromatic rings. The van der Waals surface area contributed by atoms with E-state index in [9.17, 15) is 0 Å². The summed E-state index contributed by atoms with van der Waals surface area (Å²) >= 11 is 13.8. The Labute approximate surface area is 135 Å². The molecule has 108 valence electrons. The van der Waals surface area contributed by atoms with Crippen molar-refractivity contribution in [3.05, 3.63) is 39.4 Å². The summed E-state index contributed by atoms with van der Waals surface area (Å²) in [6, 6.07) is 7.39. The van der Waals surface area contributed by atoms with Crippen molar-refractivity contribution < 1.29 is 4.74 Å². The van der Waals surface area contributed by atoms with Crippen LogP contribution in [0.25, 0.3) is 10.2 Å². The van der Waals surface area contributed by atoms with Crippen molar-refractivity contribution in [3.63, 3.8) is 0 Å². The van der Waals surface area contributed by atoms with Crippen LogP contribution in [0.3, 0.4) is 0 Å². The molecule has 0 aliphatic rings. The van der Waals surface area contributed by atoms with E-state index in [-0.39, 0.29) is 5.28 Å². The van der Waals surface area contributed by atoms with Gasteiger partial charge < -0.3 is 10.1 Å². The van der Waals surface area contributed by atoms with Crippen LogP contribution in [-0.4, -0.2) is 17.1 Å². The van der Waals surface area contributed by atoms with Gasteiger partial charge in [0.1, 0.15) is 16.4 Å². The van der Waals surface area contributed by atoms with Crippen LogP contribution in [0.2, 0.25) is 10.3 Å². The van der Waals surface area contributed by atoms with Crippen molar-refractivity contribution in [2.75, 3.05) is 12.4 Å². The van der Waals surface area contributed by atoms with E-state index in [1.165, 1.54) is 0 Å². The summed E-state index contributed by atoms with van der Waals surface area (Å²) in [4.78, 5) is 10.5. The fraction of sp³-hybridized carbons (Fsp3) is 0.143. The molecule has 21 heavy (non-hydrogen) atoms. The number of aromatic nitrogens is 2. The number of nitrogens with one attached hydrogen (secondary N) is 1. The molecule has 3 rings (SSSR count). The zero-order valence-electron chi connectivity index (χ0n) is 11.3. The molecule has 4 nitrogen and oxygen atoms in total. The molecule has 0 amide bonds. The molecule has 0 bridgehead atoms. The van der Waals surface area contributed by atoms with Crippen molar-refractivity contribution >= 4 is 56.3 Å². The number of nitrogens with zero attached hydrogens (tertiary/aromatic N) is 2. The van der Waals surface area contributed by atoms with E-state index >= 15 is 0 Å². The van der Waals surface area contributed by atoms with Crippen molar-refractivity contribution in [3.8, 4) is 5.75 Å². The molecule has 1 aromatic carbocycles. The monoisotopic (exact) mass is 339 g/mol. The lowest BCUT2D eigenvalue weighted by atomic mass is 10.2. The molecule has 7 heteroatoms. The topological polar surface area (TPSA) is 47.0 Å². The number of aryl methyl sites for hydroxylation is 1. The zero-order valence-corrected chi connectivity index (χ0v) is 13.6. The van der Waals surface area contributed by atoms with E-state index in [2.05, 4.69) is 15.3 Å². The van der Waals surface area contributed by atoms with E-state index in [0.717, 1.165) is 15.1 Å². The lowest BCUT2D eigenvalue weighted by molar-refractivity contribution is 0.415. The number of hydrogen-bond acceptors (Lipinski definition) is 5. The maximum Gasteiger partial charge on any atom is 0.225 e. The van der Waals surface area contributed by atoms with Crippen LogP contribution >= 0.6 is 34.5 Å². The van der Waals surface area contributed by atoms with Crippen molar-refractivity contribution in [2.24, 2.45) is 0 Å². The Morgan fingerprint density at radius 2 is 2.00 bits per heavy atom. The maximum absolute atomic E-state index is 6.21. The SMILES string of the molecule is COc1ccc(Cl)c(Nc2nc(Cl)nc3sc(C)cc23)c1. The van der Waals surface area contributed by atoms with Gasteiger partial charge in [-0.2, -0.15) is 4.98 Å². The van der Waals surface area contributed by atoms with Crippen molar-refractivity contribution in [1.82, 2.24) is 9.97 Å². The van der Waals surface area contributed by atoms with Crippen LogP contribution in [-0.2, 0) is 0 Å². The molecule has 0 unspecified atom stereocenters. The standard InChI is InChI=1S/C14H11Cl2N3OS/c1-7-5-9-12(18-14(16)19-13(9)21-7)17-11-6-8(20-2)3-4-10(11)15/h3-6H,1-2H3,(H,17,18,19). The number of thiophene rings is 1. The molecule has 0 atom stereocenters. The van der Waals surface area contributed by atoms with Crippen molar-refractivity contribution in [1.29, 1.82) is 0 Å². The third kappa shape index (κ3) is 2.90. The Hall–Kier alpha value is -1.56. The molecule has 0 aliphatic heterocycles. The minimum Gasteiger partial charge on any atom is -0.497 e. The number of hydrogen-bond donors (Lipinski definition) is 1. The van der Waals surface area contributed by atoms with Gasteiger partial charge in [-0.3, -0.25) is 0 Å². The molecule has 0 aliphatic carbocycles. The maximum atomic E-state index is 6.21. The second kappa shape index (κ2) is 5.67. The highest BCUT2D eigenvalue weighted by molar-refractivity contribution is 7.18. The molecule has 1 N–H and O–H groups in total. The van der Waals surface area contributed by atoms with Crippen LogP contribution in [0, 0.1) is 6.92 Å². The number of fused-ring (bicyclic) bond motifs is 1. The molecule has 2 aromatic heterocycles. The minimum absolute atomic E-state index is 0.200. The number of ether oxygens (including phenoxy) is 1. The largest absolute Gasteiger partial charge is 0.497 e. The summed E-state index contributed by atoms with van der Waals surface area (Å²) in [6.07, 6.45) is 0. The van der Waals surface area contributed by atoms with Gasteiger partial charge in [0, 0.05) is 10.9 Å². The van der Waals surface area contributed by atoms with Gasteiger partial charge in [-0.15, -0.1) is 11.3 Å². The summed E-state index contributed by atoms with van der Waals surface area (Å²) in [5.41, 5.74) is 0.705. The fourth-order valence-corrected chi connectivity index (χ4v) is 3.23. The van der Waals surface area contributed by atoms with Gasteiger partial charge in [0.25, 0.3) is 0 Å². The molecular formula is C14H11Cl2N3OS. The highest BCUT2D eigenvalue weighted by atomic mass is 35.5.